The number of anilines is 1. The maximum absolute atomic E-state index is 14.0. The van der Waals surface area contributed by atoms with Crippen molar-refractivity contribution in [3.05, 3.63) is 129 Å². The van der Waals surface area contributed by atoms with E-state index < -0.39 is 28.4 Å². The van der Waals surface area contributed by atoms with Gasteiger partial charge in [0, 0.05) is 23.3 Å². The lowest BCUT2D eigenvalue weighted by atomic mass is 9.95. The molecule has 1 aliphatic heterocycles. The maximum atomic E-state index is 14.0. The van der Waals surface area contributed by atoms with Crippen LogP contribution in [0.15, 0.2) is 111 Å². The zero-order chi connectivity index (χ0) is 31.9. The lowest BCUT2D eigenvalue weighted by Crippen LogP contribution is -2.31. The Hall–Kier alpha value is -5.53. The number of aliphatic hydroxyl groups is 1. The molecule has 1 atom stereocenters. The van der Waals surface area contributed by atoms with Crippen molar-refractivity contribution in [2.24, 2.45) is 0 Å². The topological polar surface area (TPSA) is 149 Å². The fraction of sp³-hybridized carbons (Fsp3) is 0.0909. The van der Waals surface area contributed by atoms with E-state index in [1.165, 1.54) is 43.1 Å². The Balaban J connectivity index is 1.26. The number of ketones is 1. The average molecular weight is 651 g/mol. The Morgan fingerprint density at radius 2 is 1.80 bits per heavy atom. The number of hydrogen-bond donors (Lipinski definition) is 1. The van der Waals surface area contributed by atoms with Crippen molar-refractivity contribution in [1.82, 2.24) is 10.2 Å². The summed E-state index contributed by atoms with van der Waals surface area (Å²) in [7, 11) is 1.47. The summed E-state index contributed by atoms with van der Waals surface area (Å²) in [5.41, 5.74) is 1.09. The molecule has 0 fully saturated rings. The maximum Gasteiger partial charge on any atom is 0.296 e. The van der Waals surface area contributed by atoms with Gasteiger partial charge in [-0.25, -0.2) is 0 Å². The molecule has 1 N–H and O–H groups in total. The molecule has 1 aliphatic rings. The highest BCUT2D eigenvalue weighted by atomic mass is 32.2. The van der Waals surface area contributed by atoms with E-state index in [2.05, 4.69) is 10.2 Å². The van der Waals surface area contributed by atoms with E-state index in [0.717, 1.165) is 32.6 Å². The van der Waals surface area contributed by atoms with Gasteiger partial charge in [0.2, 0.25) is 10.9 Å². The van der Waals surface area contributed by atoms with Crippen molar-refractivity contribution < 1.29 is 28.8 Å². The van der Waals surface area contributed by atoms with Crippen LogP contribution in [0.4, 0.5) is 10.8 Å². The minimum Gasteiger partial charge on any atom is -0.503 e. The number of non-ortho nitro benzene ring substituents is 1. The monoisotopic (exact) mass is 650 g/mol. The smallest absolute Gasteiger partial charge is 0.296 e. The number of furan rings is 1. The number of nitro groups is 1. The Bertz CT molecular complexity index is 2220. The standard InChI is InChI=1S/C33H22N4O7S2/c1-43-24-14-6-10-20-16-25(44-30(20)24)28(38)26-27(19-9-5-12-22(15-19)37(41)42)36(31(40)29(26)39)32-34-35-33(46-32)45-17-21-11-4-8-18-7-2-3-13-23(18)21/h2-16,27,39H,17H2,1H3. The summed E-state index contributed by atoms with van der Waals surface area (Å²) < 4.78 is 11.8. The number of nitrogens with zero attached hydrogens (tertiary/aromatic N) is 4. The van der Waals surface area contributed by atoms with Crippen LogP contribution in [0.1, 0.15) is 27.7 Å². The van der Waals surface area contributed by atoms with Crippen molar-refractivity contribution in [1.29, 1.82) is 0 Å². The lowest BCUT2D eigenvalue weighted by molar-refractivity contribution is -0.384. The van der Waals surface area contributed by atoms with Crippen LogP contribution in [0.25, 0.3) is 21.7 Å². The van der Waals surface area contributed by atoms with Gasteiger partial charge in [0.1, 0.15) is 0 Å². The molecule has 3 heterocycles. The first-order valence-electron chi connectivity index (χ1n) is 13.9. The first kappa shape index (κ1) is 29.2. The molecule has 0 spiro atoms. The van der Waals surface area contributed by atoms with Crippen LogP contribution in [0, 0.1) is 10.1 Å². The molecule has 7 rings (SSSR count). The molecule has 228 valence electrons. The van der Waals surface area contributed by atoms with Gasteiger partial charge in [0.25, 0.3) is 11.6 Å². The summed E-state index contributed by atoms with van der Waals surface area (Å²) in [5, 5.41) is 34.3. The molecule has 13 heteroatoms. The predicted octanol–water partition coefficient (Wildman–Crippen LogP) is 7.43. The first-order chi connectivity index (χ1) is 22.3. The number of hydrogen-bond acceptors (Lipinski definition) is 11. The third-order valence-corrected chi connectivity index (χ3v) is 9.74. The summed E-state index contributed by atoms with van der Waals surface area (Å²) >= 11 is 2.54. The fourth-order valence-corrected chi connectivity index (χ4v) is 7.39. The zero-order valence-electron chi connectivity index (χ0n) is 23.9. The van der Waals surface area contributed by atoms with Crippen LogP contribution < -0.4 is 9.64 Å². The Labute approximate surface area is 268 Å². The van der Waals surface area contributed by atoms with E-state index in [9.17, 15) is 24.8 Å². The summed E-state index contributed by atoms with van der Waals surface area (Å²) in [5.74, 6) is -1.63. The molecule has 4 aromatic carbocycles. The molecule has 0 bridgehead atoms. The van der Waals surface area contributed by atoms with Gasteiger partial charge >= 0.3 is 0 Å². The van der Waals surface area contributed by atoms with Gasteiger partial charge < -0.3 is 14.3 Å². The molecular weight excluding hydrogens is 629 g/mol. The summed E-state index contributed by atoms with van der Waals surface area (Å²) in [6.45, 7) is 0. The third-order valence-electron chi connectivity index (χ3n) is 7.63. The van der Waals surface area contributed by atoms with Crippen molar-refractivity contribution in [3.63, 3.8) is 0 Å². The van der Waals surface area contributed by atoms with E-state index >= 15 is 0 Å². The lowest BCUT2D eigenvalue weighted by Gasteiger charge is -2.23. The van der Waals surface area contributed by atoms with Crippen LogP contribution in [0.3, 0.4) is 0 Å². The number of thioether (sulfide) groups is 1. The van der Waals surface area contributed by atoms with Gasteiger partial charge in [-0.1, -0.05) is 89.8 Å². The largest absolute Gasteiger partial charge is 0.503 e. The van der Waals surface area contributed by atoms with Crippen LogP contribution >= 0.6 is 23.1 Å². The van der Waals surface area contributed by atoms with E-state index in [1.54, 1.807) is 24.3 Å². The molecule has 2 aromatic heterocycles. The minimum atomic E-state index is -1.25. The fourth-order valence-electron chi connectivity index (χ4n) is 5.52. The van der Waals surface area contributed by atoms with Gasteiger partial charge in [0.15, 0.2) is 27.2 Å². The van der Waals surface area contributed by atoms with E-state index in [4.69, 9.17) is 9.15 Å². The van der Waals surface area contributed by atoms with Gasteiger partial charge in [-0.2, -0.15) is 0 Å². The van der Waals surface area contributed by atoms with E-state index in [0.29, 0.717) is 26.8 Å². The molecule has 46 heavy (non-hydrogen) atoms. The van der Waals surface area contributed by atoms with Crippen LogP contribution in [0.5, 0.6) is 5.75 Å². The molecular formula is C33H22N4O7S2. The number of Topliss-reactive ketones (excluding diaryl/α,β-unsaturated/α-hetero) is 1. The number of amides is 1. The number of para-hydroxylation sites is 1. The van der Waals surface area contributed by atoms with Crippen molar-refractivity contribution in [2.45, 2.75) is 16.1 Å². The number of ether oxygens (including phenoxy) is 1. The van der Waals surface area contributed by atoms with E-state index in [-0.39, 0.29) is 27.7 Å². The highest BCUT2D eigenvalue weighted by Gasteiger charge is 2.47. The molecule has 0 saturated heterocycles. The number of carbonyl (C=O) groups excluding carboxylic acids is 2. The van der Waals surface area contributed by atoms with Gasteiger partial charge in [-0.05, 0) is 34.0 Å². The summed E-state index contributed by atoms with van der Waals surface area (Å²) in [6.07, 6.45) is 0. The van der Waals surface area contributed by atoms with Crippen LogP contribution in [-0.2, 0) is 10.5 Å². The van der Waals surface area contributed by atoms with E-state index in [1.807, 2.05) is 42.5 Å². The number of aromatic nitrogens is 2. The second-order valence-electron chi connectivity index (χ2n) is 10.3. The number of fused-ring (bicyclic) bond motifs is 2. The van der Waals surface area contributed by atoms with Crippen molar-refractivity contribution in [3.8, 4) is 5.75 Å². The van der Waals surface area contributed by atoms with Crippen molar-refractivity contribution in [2.75, 3.05) is 12.0 Å². The second-order valence-corrected chi connectivity index (χ2v) is 12.5. The second kappa shape index (κ2) is 11.8. The molecule has 11 nitrogen and oxygen atoms in total. The number of carbonyl (C=O) groups is 2. The third kappa shape index (κ3) is 5.04. The number of rotatable bonds is 9. The quantitative estimate of drug-likeness (QED) is 0.0550. The first-order valence-corrected chi connectivity index (χ1v) is 15.7. The number of aliphatic hydroxyl groups excluding tert-OH is 1. The molecule has 0 saturated carbocycles. The normalized spacial score (nSPS) is 14.8. The predicted molar refractivity (Wildman–Crippen MR) is 173 cm³/mol. The molecule has 6 aromatic rings. The highest BCUT2D eigenvalue weighted by Crippen LogP contribution is 2.45. The Morgan fingerprint density at radius 3 is 2.63 bits per heavy atom. The molecule has 1 amide bonds. The van der Waals surface area contributed by atoms with Crippen molar-refractivity contribution >= 4 is 67.3 Å². The van der Waals surface area contributed by atoms with Gasteiger partial charge in [0.05, 0.1) is 23.6 Å². The minimum absolute atomic E-state index is 0.113. The van der Waals surface area contributed by atoms with Gasteiger partial charge in [-0.15, -0.1) is 10.2 Å². The SMILES string of the molecule is COc1cccc2cc(C(=O)C3=C(O)C(=O)N(c4nnc(SCc5cccc6ccccc56)s4)C3c3cccc([N+](=O)[O-])c3)oc12. The molecule has 1 unspecified atom stereocenters. The summed E-state index contributed by atoms with van der Waals surface area (Å²) in [4.78, 5) is 39.9. The molecule has 0 aliphatic carbocycles. The number of nitro benzene ring substituents is 1. The average Bonchev–Trinajstić information content (AvgIpc) is 3.80. The zero-order valence-corrected chi connectivity index (χ0v) is 25.6. The van der Waals surface area contributed by atoms with Crippen LogP contribution in [-0.4, -0.2) is 39.0 Å². The van der Waals surface area contributed by atoms with Crippen LogP contribution in [0.2, 0.25) is 0 Å². The Morgan fingerprint density at radius 1 is 1.04 bits per heavy atom. The Kier molecular flexibility index (Phi) is 7.47. The highest BCUT2D eigenvalue weighted by molar-refractivity contribution is 8.00. The summed E-state index contributed by atoms with van der Waals surface area (Å²) in [6, 6.07) is 25.1. The number of benzene rings is 4. The number of methoxy groups -OCH3 is 1. The molecule has 0 radical (unpaired) electrons. The van der Waals surface area contributed by atoms with Gasteiger partial charge in [-0.3, -0.25) is 24.6 Å².